The Kier molecular flexibility index (Phi) is 4.35. The summed E-state index contributed by atoms with van der Waals surface area (Å²) in [6.45, 7) is 4.09. The molecule has 5 heteroatoms. The molecule has 0 aromatic carbocycles. The van der Waals surface area contributed by atoms with Gasteiger partial charge in [0.2, 0.25) is 0 Å². The highest BCUT2D eigenvalue weighted by atomic mass is 32.2. The lowest BCUT2D eigenvalue weighted by Crippen LogP contribution is -2.48. The summed E-state index contributed by atoms with van der Waals surface area (Å²) in [7, 11) is 0. The highest BCUT2D eigenvalue weighted by Gasteiger charge is 2.32. The molecule has 1 N–H and O–H groups in total. The van der Waals surface area contributed by atoms with E-state index in [9.17, 15) is 13.2 Å². The first-order chi connectivity index (χ1) is 6.81. The molecule has 1 saturated heterocycles. The van der Waals surface area contributed by atoms with Crippen LogP contribution < -0.4 is 5.32 Å². The predicted octanol–water partition coefficient (Wildman–Crippen LogP) is 3.55. The quantitative estimate of drug-likeness (QED) is 0.811. The van der Waals surface area contributed by atoms with Gasteiger partial charge in [-0.15, -0.1) is 11.8 Å². The number of alkyl halides is 3. The zero-order valence-corrected chi connectivity index (χ0v) is 9.97. The SMILES string of the molecule is CC1CCSC(C)(CCCC(F)(F)F)N1. The maximum Gasteiger partial charge on any atom is 0.389 e. The van der Waals surface area contributed by atoms with Crippen molar-refractivity contribution in [3.8, 4) is 0 Å². The average molecular weight is 241 g/mol. The molecule has 1 rings (SSSR count). The normalized spacial score (nSPS) is 33.0. The van der Waals surface area contributed by atoms with Crippen LogP contribution in [0.2, 0.25) is 0 Å². The van der Waals surface area contributed by atoms with Gasteiger partial charge in [0.15, 0.2) is 0 Å². The van der Waals surface area contributed by atoms with Gasteiger partial charge in [0.25, 0.3) is 0 Å². The van der Waals surface area contributed by atoms with E-state index in [-0.39, 0.29) is 11.3 Å². The highest BCUT2D eigenvalue weighted by molar-refractivity contribution is 8.00. The Bertz CT molecular complexity index is 207. The van der Waals surface area contributed by atoms with E-state index in [4.69, 9.17) is 0 Å². The van der Waals surface area contributed by atoms with Crippen molar-refractivity contribution >= 4 is 11.8 Å². The molecule has 1 nitrogen and oxygen atoms in total. The monoisotopic (exact) mass is 241 g/mol. The van der Waals surface area contributed by atoms with Crippen LogP contribution in [-0.2, 0) is 0 Å². The van der Waals surface area contributed by atoms with Crippen molar-refractivity contribution in [3.63, 3.8) is 0 Å². The average Bonchev–Trinajstić information content (AvgIpc) is 1.99. The van der Waals surface area contributed by atoms with E-state index in [1.165, 1.54) is 0 Å². The van der Waals surface area contributed by atoms with Crippen LogP contribution in [-0.4, -0.2) is 22.8 Å². The van der Waals surface area contributed by atoms with E-state index in [0.29, 0.717) is 12.5 Å². The minimum atomic E-state index is -4.01. The number of thioether (sulfide) groups is 1. The van der Waals surface area contributed by atoms with Gasteiger partial charge in [-0.05, 0) is 38.9 Å². The van der Waals surface area contributed by atoms with E-state index in [1.807, 2.05) is 6.92 Å². The van der Waals surface area contributed by atoms with E-state index >= 15 is 0 Å². The number of halogens is 3. The fraction of sp³-hybridized carbons (Fsp3) is 1.00. The van der Waals surface area contributed by atoms with Gasteiger partial charge in [0.1, 0.15) is 0 Å². The Balaban J connectivity index is 2.30. The summed E-state index contributed by atoms with van der Waals surface area (Å²) in [5.74, 6) is 1.04. The molecule has 2 unspecified atom stereocenters. The fourth-order valence-electron chi connectivity index (χ4n) is 1.87. The molecule has 0 amide bonds. The zero-order chi connectivity index (χ0) is 11.5. The molecule has 0 saturated carbocycles. The first-order valence-electron chi connectivity index (χ1n) is 5.29. The number of rotatable bonds is 3. The summed E-state index contributed by atoms with van der Waals surface area (Å²) < 4.78 is 36.0. The molecule has 90 valence electrons. The van der Waals surface area contributed by atoms with Gasteiger partial charge in [-0.1, -0.05) is 0 Å². The molecule has 1 aliphatic rings. The molecule has 0 spiro atoms. The molecule has 1 aliphatic heterocycles. The summed E-state index contributed by atoms with van der Waals surface area (Å²) in [6.07, 6.45) is -2.78. The molecule has 1 fully saturated rings. The van der Waals surface area contributed by atoms with Crippen molar-refractivity contribution in [1.82, 2.24) is 5.32 Å². The molecule has 1 heterocycles. The van der Waals surface area contributed by atoms with E-state index < -0.39 is 12.6 Å². The second-order valence-electron chi connectivity index (χ2n) is 4.38. The second kappa shape index (κ2) is 4.95. The van der Waals surface area contributed by atoms with Gasteiger partial charge in [-0.3, -0.25) is 0 Å². The third kappa shape index (κ3) is 5.11. The number of hydrogen-bond acceptors (Lipinski definition) is 2. The Hall–Kier alpha value is 0.1000. The van der Waals surface area contributed by atoms with Crippen molar-refractivity contribution in [2.45, 2.75) is 56.6 Å². The Morgan fingerprint density at radius 1 is 1.47 bits per heavy atom. The van der Waals surface area contributed by atoms with Gasteiger partial charge in [0.05, 0.1) is 4.87 Å². The molecule has 15 heavy (non-hydrogen) atoms. The minimum Gasteiger partial charge on any atom is -0.300 e. The summed E-state index contributed by atoms with van der Waals surface area (Å²) in [5.41, 5.74) is 0. The predicted molar refractivity (Wildman–Crippen MR) is 58.0 cm³/mol. The van der Waals surface area contributed by atoms with E-state index in [2.05, 4.69) is 12.2 Å². The van der Waals surface area contributed by atoms with Crippen LogP contribution in [0.3, 0.4) is 0 Å². The van der Waals surface area contributed by atoms with Crippen LogP contribution in [0.1, 0.15) is 39.5 Å². The van der Waals surface area contributed by atoms with Crippen molar-refractivity contribution in [1.29, 1.82) is 0 Å². The van der Waals surface area contributed by atoms with Crippen molar-refractivity contribution in [2.75, 3.05) is 5.75 Å². The first-order valence-corrected chi connectivity index (χ1v) is 6.28. The van der Waals surface area contributed by atoms with E-state index in [0.717, 1.165) is 12.2 Å². The molecule has 0 aromatic rings. The molecule has 2 atom stereocenters. The second-order valence-corrected chi connectivity index (χ2v) is 5.98. The maximum absolute atomic E-state index is 12.0. The van der Waals surface area contributed by atoms with Gasteiger partial charge in [-0.2, -0.15) is 13.2 Å². The highest BCUT2D eigenvalue weighted by Crippen LogP contribution is 2.34. The Morgan fingerprint density at radius 2 is 2.13 bits per heavy atom. The third-order valence-corrected chi connectivity index (χ3v) is 4.04. The van der Waals surface area contributed by atoms with Gasteiger partial charge < -0.3 is 5.32 Å². The van der Waals surface area contributed by atoms with Crippen molar-refractivity contribution < 1.29 is 13.2 Å². The lowest BCUT2D eigenvalue weighted by molar-refractivity contribution is -0.135. The fourth-order valence-corrected chi connectivity index (χ4v) is 3.36. The Labute approximate surface area is 93.2 Å². The topological polar surface area (TPSA) is 12.0 Å². The van der Waals surface area contributed by atoms with Crippen molar-refractivity contribution in [2.24, 2.45) is 0 Å². The summed E-state index contributed by atoms with van der Waals surface area (Å²) in [5, 5.41) is 3.37. The number of hydrogen-bond donors (Lipinski definition) is 1. The standard InChI is InChI=1S/C10H18F3NS/c1-8-4-7-15-9(2,14-8)5-3-6-10(11,12)13/h8,14H,3-7H2,1-2H3. The molecule has 0 bridgehead atoms. The molecule has 0 aromatic heterocycles. The van der Waals surface area contributed by atoms with Crippen LogP contribution in [0.25, 0.3) is 0 Å². The van der Waals surface area contributed by atoms with Gasteiger partial charge >= 0.3 is 6.18 Å². The smallest absolute Gasteiger partial charge is 0.300 e. The van der Waals surface area contributed by atoms with Crippen LogP contribution in [0.4, 0.5) is 13.2 Å². The van der Waals surface area contributed by atoms with Crippen LogP contribution in [0.5, 0.6) is 0 Å². The van der Waals surface area contributed by atoms with Crippen LogP contribution in [0.15, 0.2) is 0 Å². The van der Waals surface area contributed by atoms with Gasteiger partial charge in [0, 0.05) is 12.5 Å². The first kappa shape index (κ1) is 13.2. The lowest BCUT2D eigenvalue weighted by atomic mass is 10.1. The van der Waals surface area contributed by atoms with E-state index in [1.54, 1.807) is 11.8 Å². The minimum absolute atomic E-state index is 0.164. The maximum atomic E-state index is 12.0. The molecule has 0 aliphatic carbocycles. The summed E-state index contributed by atoms with van der Waals surface area (Å²) in [4.78, 5) is -0.164. The van der Waals surface area contributed by atoms with Crippen LogP contribution >= 0.6 is 11.8 Å². The third-order valence-electron chi connectivity index (χ3n) is 2.64. The zero-order valence-electron chi connectivity index (χ0n) is 9.16. The Morgan fingerprint density at radius 3 is 2.67 bits per heavy atom. The van der Waals surface area contributed by atoms with Gasteiger partial charge in [-0.25, -0.2) is 0 Å². The number of nitrogens with one attached hydrogen (secondary N) is 1. The van der Waals surface area contributed by atoms with Crippen LogP contribution in [0, 0.1) is 0 Å². The van der Waals surface area contributed by atoms with Crippen molar-refractivity contribution in [3.05, 3.63) is 0 Å². The summed E-state index contributed by atoms with van der Waals surface area (Å²) in [6, 6.07) is 0.419. The lowest BCUT2D eigenvalue weighted by Gasteiger charge is -2.38. The largest absolute Gasteiger partial charge is 0.389 e. The molecular weight excluding hydrogens is 223 g/mol. The summed E-state index contributed by atoms with van der Waals surface area (Å²) >= 11 is 1.74. The molecular formula is C10H18F3NS. The molecule has 0 radical (unpaired) electrons.